The summed E-state index contributed by atoms with van der Waals surface area (Å²) in [6.45, 7) is 4.02. The lowest BCUT2D eigenvalue weighted by molar-refractivity contribution is -0.543. The molecule has 4 atom stereocenters. The van der Waals surface area contributed by atoms with Crippen LogP contribution in [0.25, 0.3) is 0 Å². The predicted molar refractivity (Wildman–Crippen MR) is 178 cm³/mol. The maximum atomic E-state index is 2.69. The molecule has 6 nitrogen and oxygen atoms in total. The molecule has 3 aliphatic rings. The first-order valence-corrected chi connectivity index (χ1v) is 16.0. The van der Waals surface area contributed by atoms with Crippen molar-refractivity contribution in [3.63, 3.8) is 0 Å². The maximum absolute atomic E-state index is 2.69. The number of rotatable bonds is 5. The van der Waals surface area contributed by atoms with Crippen LogP contribution in [0.4, 0.5) is 0 Å². The lowest BCUT2D eigenvalue weighted by Crippen LogP contribution is -2.59. The van der Waals surface area contributed by atoms with Gasteiger partial charge < -0.3 is 0 Å². The fraction of sp³-hybridized carbons (Fsp3) is 0.342. The van der Waals surface area contributed by atoms with Crippen LogP contribution in [0, 0.1) is 0 Å². The quantitative estimate of drug-likeness (QED) is 0.280. The van der Waals surface area contributed by atoms with Crippen LogP contribution >= 0.6 is 0 Å². The summed E-state index contributed by atoms with van der Waals surface area (Å²) in [4.78, 5) is 13.0. The Kier molecular flexibility index (Phi) is 7.98. The van der Waals surface area contributed by atoms with Crippen molar-refractivity contribution in [1.29, 1.82) is 0 Å². The fourth-order valence-electron chi connectivity index (χ4n) is 8.30. The summed E-state index contributed by atoms with van der Waals surface area (Å²) < 4.78 is 2.52. The van der Waals surface area contributed by atoms with Crippen molar-refractivity contribution in [1.82, 2.24) is 24.5 Å². The van der Waals surface area contributed by atoms with Gasteiger partial charge in [-0.2, -0.15) is 0 Å². The Morgan fingerprint density at radius 1 is 0.500 bits per heavy atom. The molecule has 2 saturated heterocycles. The van der Waals surface area contributed by atoms with Gasteiger partial charge in [0.25, 0.3) is 0 Å². The molecule has 2 fully saturated rings. The third kappa shape index (κ3) is 5.01. The van der Waals surface area contributed by atoms with Crippen LogP contribution in [0.15, 0.2) is 121 Å². The number of piperazine rings is 1. The number of nitrogens with zero attached hydrogens (tertiary/aromatic N) is 6. The summed E-state index contributed by atoms with van der Waals surface area (Å²) in [5, 5.41) is 0. The summed E-state index contributed by atoms with van der Waals surface area (Å²) in [5.41, 5.74) is 5.47. The molecular weight excluding hydrogens is 540 g/mol. The van der Waals surface area contributed by atoms with E-state index in [1.807, 2.05) is 0 Å². The van der Waals surface area contributed by atoms with E-state index < -0.39 is 0 Å². The number of hydrogen-bond acceptors (Lipinski definition) is 5. The monoisotopic (exact) mass is 585 g/mol. The second-order valence-corrected chi connectivity index (χ2v) is 12.6. The van der Waals surface area contributed by atoms with Crippen LogP contribution in [-0.2, 0) is 0 Å². The van der Waals surface area contributed by atoms with E-state index >= 15 is 0 Å². The van der Waals surface area contributed by atoms with E-state index in [9.17, 15) is 0 Å². The van der Waals surface area contributed by atoms with Crippen LogP contribution < -0.4 is 0 Å². The van der Waals surface area contributed by atoms with Crippen LogP contribution in [0.1, 0.15) is 46.4 Å². The Morgan fingerprint density at radius 3 is 1.32 bits per heavy atom. The molecule has 0 spiro atoms. The zero-order chi connectivity index (χ0) is 30.2. The number of guanidine groups is 1. The molecular formula is C38H45N6+. The zero-order valence-electron chi connectivity index (χ0n) is 26.4. The molecule has 7 rings (SSSR count). The SMILES string of the molecule is CN1C(N2CCN(C3N(C)[C@@H](c4ccccc4)[C@H](c4ccccc4)N3C)CC2)=[N+](C)[C@@H](c2ccccc2)[C@@H]1c1ccccc1. The molecule has 0 bridgehead atoms. The van der Waals surface area contributed by atoms with Gasteiger partial charge in [0.15, 0.2) is 0 Å². The molecule has 226 valence electrons. The maximum Gasteiger partial charge on any atom is 0.351 e. The molecule has 0 radical (unpaired) electrons. The molecule has 3 heterocycles. The molecule has 0 aliphatic carbocycles. The molecule has 4 aromatic carbocycles. The Morgan fingerprint density at radius 2 is 0.886 bits per heavy atom. The molecule has 44 heavy (non-hydrogen) atoms. The molecule has 0 unspecified atom stereocenters. The summed E-state index contributed by atoms with van der Waals surface area (Å²) >= 11 is 0. The molecule has 6 heteroatoms. The molecule has 0 aromatic heterocycles. The van der Waals surface area contributed by atoms with E-state index in [2.05, 4.69) is 179 Å². The van der Waals surface area contributed by atoms with Gasteiger partial charge >= 0.3 is 5.96 Å². The molecule has 0 saturated carbocycles. The average Bonchev–Trinajstić information content (AvgIpc) is 3.50. The van der Waals surface area contributed by atoms with Gasteiger partial charge in [-0.25, -0.2) is 0 Å². The van der Waals surface area contributed by atoms with E-state index in [4.69, 9.17) is 0 Å². The van der Waals surface area contributed by atoms with E-state index in [1.54, 1.807) is 0 Å². The third-order valence-electron chi connectivity index (χ3n) is 10.2. The van der Waals surface area contributed by atoms with Gasteiger partial charge in [0.05, 0.1) is 39.3 Å². The van der Waals surface area contributed by atoms with Crippen LogP contribution in [0.5, 0.6) is 0 Å². The van der Waals surface area contributed by atoms with Crippen molar-refractivity contribution in [2.24, 2.45) is 0 Å². The van der Waals surface area contributed by atoms with Gasteiger partial charge in [0.1, 0.15) is 18.4 Å². The topological polar surface area (TPSA) is 19.2 Å². The van der Waals surface area contributed by atoms with E-state index in [0.29, 0.717) is 0 Å². The molecule has 0 amide bonds. The van der Waals surface area contributed by atoms with Crippen LogP contribution in [-0.4, -0.2) is 95.7 Å². The summed E-state index contributed by atoms with van der Waals surface area (Å²) in [6.07, 6.45) is 0.228. The molecule has 0 N–H and O–H groups in total. The smallest absolute Gasteiger partial charge is 0.269 e. The normalized spacial score (nSPS) is 25.7. The highest BCUT2D eigenvalue weighted by Gasteiger charge is 2.50. The van der Waals surface area contributed by atoms with Crippen LogP contribution in [0.2, 0.25) is 0 Å². The van der Waals surface area contributed by atoms with Gasteiger partial charge in [-0.1, -0.05) is 121 Å². The van der Waals surface area contributed by atoms with Gasteiger partial charge in [-0.3, -0.25) is 29.1 Å². The van der Waals surface area contributed by atoms with Crippen molar-refractivity contribution in [2.45, 2.75) is 30.5 Å². The number of benzene rings is 4. The highest BCUT2D eigenvalue weighted by molar-refractivity contribution is 5.77. The summed E-state index contributed by atoms with van der Waals surface area (Å²) in [5.74, 6) is 1.32. The second kappa shape index (κ2) is 12.2. The lowest BCUT2D eigenvalue weighted by atomic mass is 9.93. The fourth-order valence-corrected chi connectivity index (χ4v) is 8.30. The molecule has 3 aliphatic heterocycles. The summed E-state index contributed by atoms with van der Waals surface area (Å²) in [6, 6.07) is 45.2. The minimum Gasteiger partial charge on any atom is -0.269 e. The number of hydrogen-bond donors (Lipinski definition) is 0. The average molecular weight is 586 g/mol. The summed E-state index contributed by atoms with van der Waals surface area (Å²) in [7, 11) is 9.20. The highest BCUT2D eigenvalue weighted by Crippen LogP contribution is 2.46. The zero-order valence-corrected chi connectivity index (χ0v) is 26.4. The minimum atomic E-state index is 0.228. The number of likely N-dealkylation sites (N-methyl/N-ethyl adjacent to an activating group) is 4. The van der Waals surface area contributed by atoms with Crippen molar-refractivity contribution in [3.05, 3.63) is 144 Å². The first-order valence-electron chi connectivity index (χ1n) is 16.0. The second-order valence-electron chi connectivity index (χ2n) is 12.6. The van der Waals surface area contributed by atoms with E-state index in [1.165, 1.54) is 28.2 Å². The minimum absolute atomic E-state index is 0.228. The van der Waals surface area contributed by atoms with Gasteiger partial charge in [0, 0.05) is 13.1 Å². The Bertz CT molecular complexity index is 1500. The third-order valence-corrected chi connectivity index (χ3v) is 10.2. The van der Waals surface area contributed by atoms with Gasteiger partial charge in [-0.15, -0.1) is 0 Å². The first kappa shape index (κ1) is 28.8. The molecule has 4 aromatic rings. The van der Waals surface area contributed by atoms with E-state index in [0.717, 1.165) is 26.2 Å². The van der Waals surface area contributed by atoms with Crippen molar-refractivity contribution in [3.8, 4) is 0 Å². The van der Waals surface area contributed by atoms with Crippen LogP contribution in [0.3, 0.4) is 0 Å². The van der Waals surface area contributed by atoms with Gasteiger partial charge in [0.2, 0.25) is 0 Å². The Labute approximate surface area is 263 Å². The van der Waals surface area contributed by atoms with Gasteiger partial charge in [-0.05, 0) is 36.3 Å². The standard InChI is InChI=1S/C38H45N6/c1-39-33(29-17-9-5-10-18-29)34(30-19-11-6-12-20-30)40(2)37(39)43-25-27-44(28-26-43)38-41(3)35(31-21-13-7-14-22-31)36(42(38)4)32-23-15-8-16-24-32/h5-24,33-37H,25-28H2,1-4H3/q+1/t33-,34-,35-,36-/m0/s1. The van der Waals surface area contributed by atoms with Crippen molar-refractivity contribution >= 4 is 5.96 Å². The van der Waals surface area contributed by atoms with Crippen molar-refractivity contribution in [2.75, 3.05) is 54.4 Å². The Hall–Kier alpha value is -3.97. The lowest BCUT2D eigenvalue weighted by Gasteiger charge is -2.41. The Balaban J connectivity index is 1.15. The van der Waals surface area contributed by atoms with Crippen molar-refractivity contribution < 1.29 is 4.58 Å². The predicted octanol–water partition coefficient (Wildman–Crippen LogP) is 5.67. The largest absolute Gasteiger partial charge is 0.351 e. The first-order chi connectivity index (χ1) is 21.5. The highest BCUT2D eigenvalue weighted by atomic mass is 15.6. The van der Waals surface area contributed by atoms with E-state index in [-0.39, 0.29) is 30.5 Å².